The summed E-state index contributed by atoms with van der Waals surface area (Å²) in [5, 5.41) is 31.1. The maximum absolute atomic E-state index is 16.2. The molecule has 1 heterocycles. The van der Waals surface area contributed by atoms with Crippen LogP contribution in [-0.4, -0.2) is 129 Å². The largest absolute Gasteiger partial charge is 0.497 e. The van der Waals surface area contributed by atoms with Crippen LogP contribution >= 0.6 is 0 Å². The second-order valence-electron chi connectivity index (χ2n) is 19.6. The van der Waals surface area contributed by atoms with E-state index in [1.807, 2.05) is 0 Å². The van der Waals surface area contributed by atoms with E-state index in [1.165, 1.54) is 50.4 Å². The Morgan fingerprint density at radius 2 is 1.23 bits per heavy atom. The van der Waals surface area contributed by atoms with E-state index in [9.17, 15) is 27.9 Å². The van der Waals surface area contributed by atoms with Crippen molar-refractivity contribution in [3.05, 3.63) is 125 Å². The van der Waals surface area contributed by atoms with Gasteiger partial charge in [0.2, 0.25) is 25.9 Å². The number of carbonyl (C=O) groups excluding carboxylic acids is 3. The fourth-order valence-electron chi connectivity index (χ4n) is 7.69. The van der Waals surface area contributed by atoms with Gasteiger partial charge in [0.1, 0.15) is 38.2 Å². The average molecular weight is 1120 g/mol. The number of nitrogens with zero attached hydrogens (tertiary/aromatic N) is 5. The summed E-state index contributed by atoms with van der Waals surface area (Å²) < 4.78 is 92.4. The Bertz CT molecular complexity index is 3220. The molecule has 7 N–H and O–H groups in total. The molecule has 6 rings (SSSR count). The van der Waals surface area contributed by atoms with Gasteiger partial charge >= 0.3 is 12.2 Å². The maximum atomic E-state index is 16.2. The van der Waals surface area contributed by atoms with Crippen molar-refractivity contribution < 1.29 is 60.0 Å². The zero-order valence-corrected chi connectivity index (χ0v) is 46.5. The number of aromatic nitrogens is 4. The Kier molecular flexibility index (Phi) is 19.5. The van der Waals surface area contributed by atoms with Gasteiger partial charge in [-0.25, -0.2) is 31.1 Å². The molecule has 0 aliphatic heterocycles. The number of hydrogen-bond donors (Lipinski definition) is 6. The lowest BCUT2D eigenvalue weighted by Gasteiger charge is -2.26. The van der Waals surface area contributed by atoms with Gasteiger partial charge in [0.25, 0.3) is 5.91 Å². The Labute approximate surface area is 453 Å². The predicted molar refractivity (Wildman–Crippen MR) is 290 cm³/mol. The van der Waals surface area contributed by atoms with E-state index in [0.29, 0.717) is 33.9 Å². The number of nitrogen functional groups attached to an aromatic ring is 1. The number of nitrogens with one attached hydrogen (secondary N) is 4. The van der Waals surface area contributed by atoms with E-state index < -0.39 is 78.3 Å². The number of nitrogens with two attached hydrogens (primary N) is 1. The van der Waals surface area contributed by atoms with Gasteiger partial charge < -0.3 is 50.5 Å². The molecule has 0 spiro atoms. The number of methoxy groups -OCH3 is 3. The molecule has 0 saturated carbocycles. The molecule has 1 atom stereocenters. The van der Waals surface area contributed by atoms with Crippen molar-refractivity contribution >= 4 is 43.8 Å². The lowest BCUT2D eigenvalue weighted by molar-refractivity contribution is 0.0478. The van der Waals surface area contributed by atoms with Crippen molar-refractivity contribution in [3.8, 4) is 39.8 Å². The Morgan fingerprint density at radius 1 is 0.692 bits per heavy atom. The van der Waals surface area contributed by atoms with Crippen LogP contribution in [0, 0.1) is 0 Å². The lowest BCUT2D eigenvalue weighted by Crippen LogP contribution is -2.47. The number of para-hydroxylation sites is 1. The Hall–Kier alpha value is -7.84. The van der Waals surface area contributed by atoms with Crippen LogP contribution in [-0.2, 0) is 49.2 Å². The molecule has 0 radical (unpaired) electrons. The molecule has 78 heavy (non-hydrogen) atoms. The SMILES string of the molecule is COc1ccc(CN(Cc2ccc(OC)cc2)S(=O)(=O)c2c(S(=O)(=O)NCCNC(=O)OC(C)(C)C)ccc(-c3cccc(C(=O)NC[C@@H](CO)NC(=O)OC(C)(C)C)c3N)c2-c2nnn(Cc3ccc(OC)cc3)n2)cc1. The van der Waals surface area contributed by atoms with Gasteiger partial charge in [-0.05, 0) is 118 Å². The highest BCUT2D eigenvalue weighted by Crippen LogP contribution is 2.43. The number of amides is 3. The number of rotatable bonds is 23. The number of benzene rings is 5. The topological polar surface area (TPSA) is 307 Å². The fourth-order valence-corrected chi connectivity index (χ4v) is 11.1. The van der Waals surface area contributed by atoms with E-state index >= 15 is 8.42 Å². The number of tetrazole rings is 1. The van der Waals surface area contributed by atoms with E-state index in [0.717, 1.165) is 10.4 Å². The van der Waals surface area contributed by atoms with Crippen LogP contribution < -0.4 is 40.6 Å². The zero-order valence-electron chi connectivity index (χ0n) is 44.8. The average Bonchev–Trinajstić information content (AvgIpc) is 3.91. The second kappa shape index (κ2) is 25.5. The van der Waals surface area contributed by atoms with Crippen molar-refractivity contribution in [2.45, 2.75) is 88.2 Å². The zero-order chi connectivity index (χ0) is 57.0. The summed E-state index contributed by atoms with van der Waals surface area (Å²) in [6, 6.07) is 26.1. The number of ether oxygens (including phenoxy) is 5. The molecular weight excluding hydrogens is 1050 g/mol. The molecule has 25 heteroatoms. The third-order valence-corrected chi connectivity index (χ3v) is 14.9. The van der Waals surface area contributed by atoms with Crippen molar-refractivity contribution in [1.29, 1.82) is 0 Å². The summed E-state index contributed by atoms with van der Waals surface area (Å²) in [7, 11) is -5.49. The van der Waals surface area contributed by atoms with Crippen LogP contribution in [0.5, 0.6) is 17.2 Å². The fraction of sp³-hybridized carbons (Fsp3) is 0.358. The molecule has 23 nitrogen and oxygen atoms in total. The van der Waals surface area contributed by atoms with Crippen LogP contribution in [0.2, 0.25) is 0 Å². The third-order valence-electron chi connectivity index (χ3n) is 11.4. The molecule has 0 saturated heterocycles. The first-order valence-corrected chi connectivity index (χ1v) is 27.3. The van der Waals surface area contributed by atoms with Gasteiger partial charge in [-0.1, -0.05) is 54.6 Å². The molecule has 3 amide bonds. The minimum absolute atomic E-state index is 0.0229. The summed E-state index contributed by atoms with van der Waals surface area (Å²) in [6.07, 6.45) is -1.64. The first-order chi connectivity index (χ1) is 36.8. The van der Waals surface area contributed by atoms with Crippen LogP contribution in [0.25, 0.3) is 22.5 Å². The molecule has 0 bridgehead atoms. The number of aliphatic hydroxyl groups is 1. The molecule has 6 aromatic rings. The molecule has 1 aromatic heterocycles. The van der Waals surface area contributed by atoms with Gasteiger partial charge in [0.15, 0.2) is 0 Å². The highest BCUT2D eigenvalue weighted by Gasteiger charge is 2.38. The van der Waals surface area contributed by atoms with Gasteiger partial charge in [-0.3, -0.25) is 4.79 Å². The Morgan fingerprint density at radius 3 is 1.76 bits per heavy atom. The predicted octanol–water partition coefficient (Wildman–Crippen LogP) is 5.47. The first kappa shape index (κ1) is 59.4. The van der Waals surface area contributed by atoms with Gasteiger partial charge in [0.05, 0.1) is 57.3 Å². The highest BCUT2D eigenvalue weighted by atomic mass is 32.2. The van der Waals surface area contributed by atoms with E-state index in [1.54, 1.807) is 114 Å². The first-order valence-electron chi connectivity index (χ1n) is 24.4. The number of hydrogen-bond acceptors (Lipinski definition) is 17. The minimum Gasteiger partial charge on any atom is -0.497 e. The summed E-state index contributed by atoms with van der Waals surface area (Å²) in [6.45, 7) is 7.91. The number of anilines is 1. The Balaban J connectivity index is 1.58. The number of sulfonamides is 2. The normalized spacial score (nSPS) is 12.3. The van der Waals surface area contributed by atoms with E-state index in [4.69, 9.17) is 29.4 Å². The summed E-state index contributed by atoms with van der Waals surface area (Å²) in [5.41, 5.74) is 6.29. The van der Waals surface area contributed by atoms with Crippen LogP contribution in [0.1, 0.15) is 68.6 Å². The van der Waals surface area contributed by atoms with Crippen molar-refractivity contribution in [3.63, 3.8) is 0 Å². The van der Waals surface area contributed by atoms with Crippen molar-refractivity contribution in [1.82, 2.24) is 45.2 Å². The molecule has 0 aliphatic rings. The molecule has 0 fully saturated rings. The summed E-state index contributed by atoms with van der Waals surface area (Å²) in [5.74, 6) is 0.502. The quantitative estimate of drug-likeness (QED) is 0.0342. The summed E-state index contributed by atoms with van der Waals surface area (Å²) in [4.78, 5) is 38.8. The maximum Gasteiger partial charge on any atom is 0.408 e. The van der Waals surface area contributed by atoms with E-state index in [2.05, 4.69) is 36.1 Å². The lowest BCUT2D eigenvalue weighted by atomic mass is 9.95. The van der Waals surface area contributed by atoms with E-state index in [-0.39, 0.29) is 66.5 Å². The number of alkyl carbamates (subject to hydrolysis) is 2. The van der Waals surface area contributed by atoms with Crippen LogP contribution in [0.15, 0.2) is 113 Å². The molecule has 0 unspecified atom stereocenters. The smallest absolute Gasteiger partial charge is 0.408 e. The van der Waals surface area contributed by atoms with Gasteiger partial charge in [0, 0.05) is 38.3 Å². The molecule has 5 aromatic carbocycles. The van der Waals surface area contributed by atoms with Crippen molar-refractivity contribution in [2.75, 3.05) is 53.3 Å². The van der Waals surface area contributed by atoms with Crippen molar-refractivity contribution in [2.24, 2.45) is 0 Å². The molecule has 0 aliphatic carbocycles. The number of aliphatic hydroxyl groups excluding tert-OH is 1. The highest BCUT2D eigenvalue weighted by molar-refractivity contribution is 7.92. The van der Waals surface area contributed by atoms with Gasteiger partial charge in [-0.15, -0.1) is 10.2 Å². The van der Waals surface area contributed by atoms with Crippen LogP contribution in [0.3, 0.4) is 0 Å². The third kappa shape index (κ3) is 15.9. The molecule has 418 valence electrons. The standard InChI is InChI=1S/C53H66N10O13S2/c1-52(2,3)75-50(66)55-27-28-57-77(68,69)44-26-25-41(42-11-10-12-43(46(42)54)49(65)56-29-37(33-64)58-51(67)76-53(4,5)6)45(48-59-61-63(60-48)32-36-17-23-40(74-9)24-18-36)47(44)78(70,71)62(30-34-13-19-38(72-7)20-14-34)31-35-15-21-39(73-8)22-16-35/h10-26,37,57,64H,27-33,54H2,1-9H3,(H,55,66)(H,56,65)(H,58,67)/t37-/m0/s1. The summed E-state index contributed by atoms with van der Waals surface area (Å²) >= 11 is 0. The number of carbonyl (C=O) groups is 3. The molecular formula is C53H66N10O13S2. The minimum atomic E-state index is -5.11. The van der Waals surface area contributed by atoms with Gasteiger partial charge in [-0.2, -0.15) is 9.10 Å². The second-order valence-corrected chi connectivity index (χ2v) is 23.2. The van der Waals surface area contributed by atoms with Crippen LogP contribution in [0.4, 0.5) is 15.3 Å². The monoisotopic (exact) mass is 1110 g/mol.